The van der Waals surface area contributed by atoms with Gasteiger partial charge in [0.2, 0.25) is 5.82 Å². The third-order valence-electron chi connectivity index (χ3n) is 3.38. The molecule has 3 aromatic rings. The monoisotopic (exact) mass is 353 g/mol. The molecular weight excluding hydrogens is 343 g/mol. The normalized spacial score (nSPS) is 11.7. The number of nitro groups is 1. The van der Waals surface area contributed by atoms with Crippen molar-refractivity contribution in [2.75, 3.05) is 0 Å². The third kappa shape index (κ3) is 3.49. The second-order valence-corrected chi connectivity index (χ2v) is 5.15. The Hall–Kier alpha value is -3.24. The summed E-state index contributed by atoms with van der Waals surface area (Å²) in [6.45, 7) is 1.64. The number of hydrogen-bond donors (Lipinski definition) is 0. The van der Waals surface area contributed by atoms with Gasteiger partial charge in [0.15, 0.2) is 0 Å². The van der Waals surface area contributed by atoms with Gasteiger partial charge in [0.25, 0.3) is 5.89 Å². The van der Waals surface area contributed by atoms with Crippen LogP contribution in [0.1, 0.15) is 17.1 Å². The lowest BCUT2D eigenvalue weighted by Gasteiger charge is -2.05. The smallest absolute Gasteiger partial charge is 0.358 e. The molecule has 2 aromatic heterocycles. The number of aryl methyl sites for hydroxylation is 1. The van der Waals surface area contributed by atoms with Gasteiger partial charge in [-0.1, -0.05) is 17.3 Å². The average molecular weight is 353 g/mol. The summed E-state index contributed by atoms with van der Waals surface area (Å²) >= 11 is 0. The first kappa shape index (κ1) is 16.6. The van der Waals surface area contributed by atoms with Crippen LogP contribution in [0.5, 0.6) is 0 Å². The summed E-state index contributed by atoms with van der Waals surface area (Å²) in [6.07, 6.45) is -4.42. The van der Waals surface area contributed by atoms with Crippen molar-refractivity contribution < 1.29 is 22.6 Å². The Morgan fingerprint density at radius 1 is 1.28 bits per heavy atom. The Bertz CT molecular complexity index is 915. The summed E-state index contributed by atoms with van der Waals surface area (Å²) in [6, 6.07) is 5.62. The highest BCUT2D eigenvalue weighted by molar-refractivity contribution is 5.54. The minimum absolute atomic E-state index is 0.00725. The highest BCUT2D eigenvalue weighted by atomic mass is 19.4. The van der Waals surface area contributed by atoms with Gasteiger partial charge in [-0.25, -0.2) is 0 Å². The molecule has 0 fully saturated rings. The lowest BCUT2D eigenvalue weighted by atomic mass is 10.1. The van der Waals surface area contributed by atoms with Crippen LogP contribution in [0.25, 0.3) is 11.4 Å². The van der Waals surface area contributed by atoms with Gasteiger partial charge in [-0.2, -0.15) is 22.8 Å². The molecule has 0 saturated carbocycles. The molecule has 0 amide bonds. The number of hydrogen-bond acceptors (Lipinski definition) is 6. The zero-order valence-corrected chi connectivity index (χ0v) is 12.7. The van der Waals surface area contributed by atoms with E-state index in [2.05, 4.69) is 15.2 Å². The lowest BCUT2D eigenvalue weighted by molar-refractivity contribution is -0.389. The van der Waals surface area contributed by atoms with Crippen molar-refractivity contribution in [1.82, 2.24) is 19.9 Å². The summed E-state index contributed by atoms with van der Waals surface area (Å²) in [5.41, 5.74) is 0.103. The molecule has 2 heterocycles. The van der Waals surface area contributed by atoms with E-state index in [9.17, 15) is 23.3 Å². The summed E-state index contributed by atoms with van der Waals surface area (Å²) in [5, 5.41) is 18.2. The molecule has 3 rings (SSSR count). The predicted molar refractivity (Wildman–Crippen MR) is 77.5 cm³/mol. The minimum atomic E-state index is -4.42. The van der Waals surface area contributed by atoms with E-state index in [0.29, 0.717) is 11.3 Å². The maximum absolute atomic E-state index is 12.6. The number of alkyl halides is 3. The Balaban J connectivity index is 1.80. The molecule has 0 bridgehead atoms. The Morgan fingerprint density at radius 2 is 1.96 bits per heavy atom. The maximum atomic E-state index is 12.6. The van der Waals surface area contributed by atoms with E-state index in [-0.39, 0.29) is 24.1 Å². The number of benzene rings is 1. The zero-order valence-electron chi connectivity index (χ0n) is 12.7. The highest BCUT2D eigenvalue weighted by Crippen LogP contribution is 2.30. The second kappa shape index (κ2) is 6.00. The van der Waals surface area contributed by atoms with E-state index in [4.69, 9.17) is 4.52 Å². The van der Waals surface area contributed by atoms with Crippen LogP contribution in [0.15, 0.2) is 34.9 Å². The van der Waals surface area contributed by atoms with E-state index < -0.39 is 16.7 Å². The van der Waals surface area contributed by atoms with Crippen LogP contribution in [0.2, 0.25) is 0 Å². The number of aromatic nitrogens is 4. The van der Waals surface area contributed by atoms with E-state index in [1.807, 2.05) is 0 Å². The van der Waals surface area contributed by atoms with Crippen LogP contribution in [0.3, 0.4) is 0 Å². The number of rotatable bonds is 4. The molecular formula is C14H10F3N5O3. The topological polar surface area (TPSA) is 99.9 Å². The molecule has 25 heavy (non-hydrogen) atoms. The molecule has 0 atom stereocenters. The van der Waals surface area contributed by atoms with Gasteiger partial charge in [0.05, 0.1) is 22.4 Å². The minimum Gasteiger partial charge on any atom is -0.358 e. The Labute approximate surface area is 138 Å². The molecule has 11 heteroatoms. The Morgan fingerprint density at radius 3 is 2.52 bits per heavy atom. The van der Waals surface area contributed by atoms with Crippen LogP contribution in [0.4, 0.5) is 19.0 Å². The first-order valence-electron chi connectivity index (χ1n) is 6.93. The van der Waals surface area contributed by atoms with Crippen molar-refractivity contribution in [2.45, 2.75) is 19.6 Å². The van der Waals surface area contributed by atoms with Crippen LogP contribution < -0.4 is 0 Å². The number of halogens is 3. The molecule has 0 aliphatic heterocycles. The maximum Gasteiger partial charge on any atom is 0.416 e. The fourth-order valence-electron chi connectivity index (χ4n) is 2.11. The van der Waals surface area contributed by atoms with Gasteiger partial charge < -0.3 is 14.6 Å². The molecule has 0 aliphatic rings. The van der Waals surface area contributed by atoms with E-state index in [1.165, 1.54) is 22.9 Å². The quantitative estimate of drug-likeness (QED) is 0.527. The average Bonchev–Trinajstić information content (AvgIpc) is 3.15. The van der Waals surface area contributed by atoms with Gasteiger partial charge in [-0.3, -0.25) is 0 Å². The molecule has 0 spiro atoms. The second-order valence-electron chi connectivity index (χ2n) is 5.15. The van der Waals surface area contributed by atoms with Gasteiger partial charge in [-0.15, -0.1) is 0 Å². The van der Waals surface area contributed by atoms with Crippen LogP contribution in [0, 0.1) is 17.0 Å². The first-order chi connectivity index (χ1) is 11.7. The van der Waals surface area contributed by atoms with Crippen molar-refractivity contribution >= 4 is 5.82 Å². The molecule has 0 saturated heterocycles. The fraction of sp³-hybridized carbons (Fsp3) is 0.214. The van der Waals surface area contributed by atoms with Crippen molar-refractivity contribution in [1.29, 1.82) is 0 Å². The standard InChI is InChI=1S/C14H10F3N5O3/c1-8-6-11(22(23)24)19-21(8)7-12-18-13(20-25-12)9-2-4-10(5-3-9)14(15,16)17/h2-6H,7H2,1H3. The van der Waals surface area contributed by atoms with Crippen molar-refractivity contribution in [3.05, 3.63) is 57.6 Å². The van der Waals surface area contributed by atoms with Crippen molar-refractivity contribution in [2.24, 2.45) is 0 Å². The van der Waals surface area contributed by atoms with Gasteiger partial charge in [-0.05, 0) is 24.0 Å². The SMILES string of the molecule is Cc1cc([N+](=O)[O-])nn1Cc1nc(-c2ccc(C(F)(F)F)cc2)no1. The molecule has 0 radical (unpaired) electrons. The highest BCUT2D eigenvalue weighted by Gasteiger charge is 2.30. The molecule has 0 unspecified atom stereocenters. The summed E-state index contributed by atoms with van der Waals surface area (Å²) in [7, 11) is 0. The Kier molecular flexibility index (Phi) is 3.99. The van der Waals surface area contributed by atoms with Gasteiger partial charge >= 0.3 is 12.0 Å². The van der Waals surface area contributed by atoms with Crippen LogP contribution in [-0.4, -0.2) is 24.8 Å². The largest absolute Gasteiger partial charge is 0.416 e. The van der Waals surface area contributed by atoms with Gasteiger partial charge in [0.1, 0.15) is 6.54 Å². The summed E-state index contributed by atoms with van der Waals surface area (Å²) in [5.74, 6) is -0.0704. The van der Waals surface area contributed by atoms with Crippen LogP contribution in [-0.2, 0) is 12.7 Å². The molecule has 0 N–H and O–H groups in total. The van der Waals surface area contributed by atoms with E-state index in [0.717, 1.165) is 12.1 Å². The molecule has 0 aliphatic carbocycles. The predicted octanol–water partition coefficient (Wildman–Crippen LogP) is 3.22. The molecule has 130 valence electrons. The fourth-order valence-corrected chi connectivity index (χ4v) is 2.11. The number of nitrogens with zero attached hydrogens (tertiary/aromatic N) is 5. The van der Waals surface area contributed by atoms with Crippen molar-refractivity contribution in [3.8, 4) is 11.4 Å². The lowest BCUT2D eigenvalue weighted by Crippen LogP contribution is -2.05. The zero-order chi connectivity index (χ0) is 18.2. The molecule has 1 aromatic carbocycles. The van der Waals surface area contributed by atoms with Crippen molar-refractivity contribution in [3.63, 3.8) is 0 Å². The van der Waals surface area contributed by atoms with E-state index in [1.54, 1.807) is 6.92 Å². The van der Waals surface area contributed by atoms with Gasteiger partial charge in [0, 0.05) is 5.56 Å². The summed E-state index contributed by atoms with van der Waals surface area (Å²) in [4.78, 5) is 14.2. The third-order valence-corrected chi connectivity index (χ3v) is 3.38. The van der Waals surface area contributed by atoms with Crippen LogP contribution >= 0.6 is 0 Å². The molecule has 8 nitrogen and oxygen atoms in total. The first-order valence-corrected chi connectivity index (χ1v) is 6.93. The van der Waals surface area contributed by atoms with E-state index >= 15 is 0 Å². The summed E-state index contributed by atoms with van der Waals surface area (Å²) < 4.78 is 44.0.